The Balaban J connectivity index is 2.78. The molecule has 0 spiro atoms. The van der Waals surface area contributed by atoms with Gasteiger partial charge in [-0.25, -0.2) is 0 Å². The molecule has 0 saturated heterocycles. The maximum atomic E-state index is 6.87. The van der Waals surface area contributed by atoms with Gasteiger partial charge in [-0.1, -0.05) is 68.4 Å². The molecule has 0 N–H and O–H groups in total. The molecule has 4 heteroatoms. The molecule has 0 fully saturated rings. The smallest absolute Gasteiger partial charge is 0.222 e. The standard InChI is InChI=1S/C29H43O3P/c1-26(2,3)18-14-20-21-16-19(30-13)17-23(28(7,8)9)25(21)32-33(29(10,11)12)31-24(20)22(15-18)27(4,5)6/h14-17H,1-13H3. The van der Waals surface area contributed by atoms with Crippen LogP contribution in [0.2, 0.25) is 0 Å². The van der Waals surface area contributed by atoms with Gasteiger partial charge in [-0.05, 0) is 60.8 Å². The normalized spacial score (nSPS) is 14.2. The maximum Gasteiger partial charge on any atom is 0.222 e. The number of hydrogen-bond donors (Lipinski definition) is 0. The predicted octanol–water partition coefficient (Wildman–Crippen LogP) is 9.95. The van der Waals surface area contributed by atoms with Crippen molar-refractivity contribution in [2.75, 3.05) is 7.11 Å². The summed E-state index contributed by atoms with van der Waals surface area (Å²) in [5, 5.41) is 2.00. The molecule has 182 valence electrons. The van der Waals surface area contributed by atoms with Crippen LogP contribution in [0.1, 0.15) is 99.8 Å². The van der Waals surface area contributed by atoms with Gasteiger partial charge in [0.15, 0.2) is 0 Å². The highest BCUT2D eigenvalue weighted by Gasteiger charge is 2.29. The van der Waals surface area contributed by atoms with E-state index in [0.29, 0.717) is 0 Å². The van der Waals surface area contributed by atoms with Crippen LogP contribution in [-0.2, 0) is 21.4 Å². The first-order valence-corrected chi connectivity index (χ1v) is 13.1. The minimum Gasteiger partial charge on any atom is -0.497 e. The summed E-state index contributed by atoms with van der Waals surface area (Å²) in [5.41, 5.74) is 5.34. The Morgan fingerprint density at radius 1 is 0.606 bits per heavy atom. The molecule has 1 atom stereocenters. The van der Waals surface area contributed by atoms with Crippen LogP contribution < -0.4 is 4.74 Å². The summed E-state index contributed by atoms with van der Waals surface area (Å²) in [6.07, 6.45) is 0. The van der Waals surface area contributed by atoms with E-state index in [-0.39, 0.29) is 21.4 Å². The van der Waals surface area contributed by atoms with E-state index in [1.54, 1.807) is 7.11 Å². The minimum atomic E-state index is -1.23. The summed E-state index contributed by atoms with van der Waals surface area (Å²) in [7, 11) is 0.502. The van der Waals surface area contributed by atoms with Crippen LogP contribution in [0.25, 0.3) is 21.9 Å². The molecule has 3 rings (SSSR count). The van der Waals surface area contributed by atoms with Crippen molar-refractivity contribution >= 4 is 30.0 Å². The van der Waals surface area contributed by atoms with Gasteiger partial charge in [-0.15, -0.1) is 0 Å². The highest BCUT2D eigenvalue weighted by molar-refractivity contribution is 7.38. The van der Waals surface area contributed by atoms with Crippen molar-refractivity contribution in [2.24, 2.45) is 0 Å². The van der Waals surface area contributed by atoms with Crippen molar-refractivity contribution in [1.29, 1.82) is 0 Å². The number of methoxy groups -OCH3 is 1. The van der Waals surface area contributed by atoms with Crippen LogP contribution in [0.5, 0.6) is 5.75 Å². The van der Waals surface area contributed by atoms with Crippen molar-refractivity contribution in [1.82, 2.24) is 0 Å². The van der Waals surface area contributed by atoms with Gasteiger partial charge >= 0.3 is 0 Å². The van der Waals surface area contributed by atoms with Crippen molar-refractivity contribution in [3.8, 4) is 5.75 Å². The number of hydrogen-bond acceptors (Lipinski definition) is 3. The van der Waals surface area contributed by atoms with Crippen molar-refractivity contribution in [2.45, 2.75) is 104 Å². The molecule has 0 aliphatic rings. The van der Waals surface area contributed by atoms with Gasteiger partial charge in [0.25, 0.3) is 0 Å². The predicted molar refractivity (Wildman–Crippen MR) is 144 cm³/mol. The quantitative estimate of drug-likeness (QED) is 0.355. The average molecular weight is 471 g/mol. The molecular formula is C29H43O3P. The molecular weight excluding hydrogens is 427 g/mol. The van der Waals surface area contributed by atoms with E-state index in [9.17, 15) is 0 Å². The molecule has 3 aromatic rings. The van der Waals surface area contributed by atoms with Crippen LogP contribution >= 0.6 is 8.01 Å². The van der Waals surface area contributed by atoms with E-state index in [1.807, 2.05) is 0 Å². The number of benzene rings is 2. The Morgan fingerprint density at radius 3 is 1.45 bits per heavy atom. The zero-order chi connectivity index (χ0) is 25.1. The minimum absolute atomic E-state index is 0.00282. The lowest BCUT2D eigenvalue weighted by Crippen LogP contribution is -2.16. The lowest BCUT2D eigenvalue weighted by molar-refractivity contribution is 0.413. The average Bonchev–Trinajstić information content (AvgIpc) is 2.80. The van der Waals surface area contributed by atoms with Gasteiger partial charge in [-0.2, -0.15) is 0 Å². The first-order chi connectivity index (χ1) is 14.8. The summed E-state index contributed by atoms with van der Waals surface area (Å²) in [6.45, 7) is 26.9. The Hall–Kier alpha value is -1.86. The van der Waals surface area contributed by atoms with Crippen molar-refractivity contribution in [3.05, 3.63) is 41.0 Å². The fourth-order valence-corrected chi connectivity index (χ4v) is 5.26. The van der Waals surface area contributed by atoms with Crippen molar-refractivity contribution in [3.63, 3.8) is 0 Å². The van der Waals surface area contributed by atoms with Gasteiger partial charge in [0.05, 0.1) is 12.3 Å². The molecule has 3 nitrogen and oxygen atoms in total. The summed E-state index contributed by atoms with van der Waals surface area (Å²) in [4.78, 5) is 0. The second-order valence-electron chi connectivity index (χ2n) is 13.3. The topological polar surface area (TPSA) is 35.5 Å². The Kier molecular flexibility index (Phi) is 6.34. The fraction of sp³-hybridized carbons (Fsp3) is 0.586. The molecule has 0 saturated carbocycles. The van der Waals surface area contributed by atoms with Crippen LogP contribution in [0.15, 0.2) is 32.7 Å². The van der Waals surface area contributed by atoms with Gasteiger partial charge in [0.2, 0.25) is 8.01 Å². The molecule has 1 unspecified atom stereocenters. The zero-order valence-electron chi connectivity index (χ0n) is 23.0. The lowest BCUT2D eigenvalue weighted by Gasteiger charge is -2.26. The van der Waals surface area contributed by atoms with Crippen molar-refractivity contribution < 1.29 is 13.1 Å². The molecule has 0 aliphatic carbocycles. The largest absolute Gasteiger partial charge is 0.497 e. The van der Waals surface area contributed by atoms with Gasteiger partial charge in [0.1, 0.15) is 16.9 Å². The van der Waals surface area contributed by atoms with E-state index in [2.05, 4.69) is 107 Å². The Bertz CT molecular complexity index is 1220. The van der Waals surface area contributed by atoms with E-state index < -0.39 is 8.01 Å². The van der Waals surface area contributed by atoms with Gasteiger partial charge in [0, 0.05) is 21.9 Å². The summed E-state index contributed by atoms with van der Waals surface area (Å²) >= 11 is 0. The van der Waals surface area contributed by atoms with E-state index >= 15 is 0 Å². The molecule has 0 aliphatic heterocycles. The molecule has 1 aromatic heterocycles. The SMILES string of the molecule is COc1cc(C(C)(C)C)c2op(C(C)(C)C)oc3c(C(C)(C)C)cc(C(C)(C)C)cc3c2c1. The number of fused-ring (bicyclic) bond motifs is 3. The summed E-state index contributed by atoms with van der Waals surface area (Å²) in [5.74, 6) is 0.841. The zero-order valence-corrected chi connectivity index (χ0v) is 23.9. The second-order valence-corrected chi connectivity index (χ2v) is 15.5. The van der Waals surface area contributed by atoms with Crippen LogP contribution in [-0.4, -0.2) is 7.11 Å². The van der Waals surface area contributed by atoms with Crippen LogP contribution in [0.3, 0.4) is 0 Å². The first-order valence-electron chi connectivity index (χ1n) is 11.9. The Labute approximate surface area is 201 Å². The molecule has 0 amide bonds. The molecule has 1 heterocycles. The van der Waals surface area contributed by atoms with Crippen LogP contribution in [0.4, 0.5) is 0 Å². The monoisotopic (exact) mass is 470 g/mol. The van der Waals surface area contributed by atoms with E-state index in [0.717, 1.165) is 33.3 Å². The summed E-state index contributed by atoms with van der Waals surface area (Å²) < 4.78 is 19.5. The lowest BCUT2D eigenvalue weighted by atomic mass is 9.79. The molecule has 33 heavy (non-hydrogen) atoms. The Morgan fingerprint density at radius 2 is 1.06 bits per heavy atom. The third kappa shape index (κ3) is 5.14. The third-order valence-electron chi connectivity index (χ3n) is 6.06. The third-order valence-corrected chi connectivity index (χ3v) is 7.85. The first kappa shape index (κ1) is 25.8. The summed E-state index contributed by atoms with van der Waals surface area (Å²) in [6, 6.07) is 8.89. The van der Waals surface area contributed by atoms with E-state index in [1.165, 1.54) is 11.1 Å². The second kappa shape index (κ2) is 8.12. The van der Waals surface area contributed by atoms with E-state index in [4.69, 9.17) is 13.1 Å². The van der Waals surface area contributed by atoms with Gasteiger partial charge < -0.3 is 13.1 Å². The number of rotatable bonds is 1. The van der Waals surface area contributed by atoms with Gasteiger partial charge in [-0.3, -0.25) is 0 Å². The molecule has 0 radical (unpaired) electrons. The fourth-order valence-electron chi connectivity index (χ4n) is 3.95. The maximum absolute atomic E-state index is 6.87. The number of ether oxygens (including phenoxy) is 1. The highest BCUT2D eigenvalue weighted by Crippen LogP contribution is 2.50. The highest BCUT2D eigenvalue weighted by atomic mass is 31.1. The molecule has 2 aromatic carbocycles. The molecule has 0 bridgehead atoms. The van der Waals surface area contributed by atoms with Crippen LogP contribution in [0, 0.1) is 0 Å².